The molecule has 3 aromatic rings. The van der Waals surface area contributed by atoms with Crippen molar-refractivity contribution < 1.29 is 9.18 Å². The monoisotopic (exact) mass is 416 g/mol. The first-order chi connectivity index (χ1) is 13.6. The molecule has 0 radical (unpaired) electrons. The molecular formula is C20H18ClFN4OS. The zero-order valence-corrected chi connectivity index (χ0v) is 16.5. The minimum Gasteiger partial charge on any atom is -0.323 e. The Morgan fingerprint density at radius 2 is 2.00 bits per heavy atom. The first kappa shape index (κ1) is 19.0. The number of halogens is 2. The second kappa shape index (κ2) is 8.32. The van der Waals surface area contributed by atoms with Crippen LogP contribution in [0.15, 0.2) is 53.7 Å². The number of carbonyl (C=O) groups is 1. The third-order valence-electron chi connectivity index (χ3n) is 4.41. The molecule has 1 heterocycles. The van der Waals surface area contributed by atoms with E-state index >= 15 is 0 Å². The molecule has 0 unspecified atom stereocenters. The predicted molar refractivity (Wildman–Crippen MR) is 108 cm³/mol. The average Bonchev–Trinajstić information content (AvgIpc) is 3.45. The van der Waals surface area contributed by atoms with E-state index in [1.54, 1.807) is 0 Å². The van der Waals surface area contributed by atoms with Crippen LogP contribution in [0.1, 0.15) is 30.1 Å². The van der Waals surface area contributed by atoms with Crippen LogP contribution in [0, 0.1) is 5.82 Å². The van der Waals surface area contributed by atoms with Crippen LogP contribution in [0.4, 0.5) is 10.1 Å². The van der Waals surface area contributed by atoms with Crippen molar-refractivity contribution in [2.24, 2.45) is 0 Å². The van der Waals surface area contributed by atoms with E-state index < -0.39 is 5.82 Å². The molecule has 144 valence electrons. The minimum absolute atomic E-state index is 0.111. The van der Waals surface area contributed by atoms with E-state index in [-0.39, 0.29) is 22.4 Å². The lowest BCUT2D eigenvalue weighted by Crippen LogP contribution is -2.16. The fraction of sp³-hybridized carbons (Fsp3) is 0.250. The maximum atomic E-state index is 13.8. The number of nitrogens with zero attached hydrogens (tertiary/aromatic N) is 3. The molecule has 0 spiro atoms. The van der Waals surface area contributed by atoms with Gasteiger partial charge in [-0.1, -0.05) is 53.7 Å². The van der Waals surface area contributed by atoms with E-state index in [1.807, 2.05) is 18.2 Å². The Bertz CT molecular complexity index is 991. The Kier molecular flexibility index (Phi) is 5.64. The molecule has 0 atom stereocenters. The standard InChI is InChI=1S/C20H18ClFN4OS/c21-15-8-9-17(16(22)10-15)23-18(27)12-28-20-25-24-19(14-6-7-14)26(20)11-13-4-2-1-3-5-13/h1-5,8-10,14H,6-7,11-12H2,(H,23,27). The van der Waals surface area contributed by atoms with E-state index in [4.69, 9.17) is 11.6 Å². The highest BCUT2D eigenvalue weighted by Crippen LogP contribution is 2.40. The summed E-state index contributed by atoms with van der Waals surface area (Å²) in [5.74, 6) is 0.653. The molecule has 1 aromatic heterocycles. The van der Waals surface area contributed by atoms with E-state index in [1.165, 1.54) is 30.0 Å². The summed E-state index contributed by atoms with van der Waals surface area (Å²) in [4.78, 5) is 12.3. The van der Waals surface area contributed by atoms with Gasteiger partial charge in [-0.05, 0) is 36.6 Å². The highest BCUT2D eigenvalue weighted by Gasteiger charge is 2.30. The first-order valence-corrected chi connectivity index (χ1v) is 10.3. The first-order valence-electron chi connectivity index (χ1n) is 8.95. The second-order valence-electron chi connectivity index (χ2n) is 6.65. The van der Waals surface area contributed by atoms with Gasteiger partial charge < -0.3 is 9.88 Å². The maximum absolute atomic E-state index is 13.8. The molecule has 1 N–H and O–H groups in total. The van der Waals surface area contributed by atoms with Gasteiger partial charge in [-0.3, -0.25) is 4.79 Å². The summed E-state index contributed by atoms with van der Waals surface area (Å²) in [6.45, 7) is 0.662. The fourth-order valence-corrected chi connectivity index (χ4v) is 3.78. The molecule has 5 nitrogen and oxygen atoms in total. The summed E-state index contributed by atoms with van der Waals surface area (Å²) in [5, 5.41) is 12.2. The molecule has 0 aliphatic heterocycles. The zero-order chi connectivity index (χ0) is 19.5. The number of nitrogens with one attached hydrogen (secondary N) is 1. The SMILES string of the molecule is O=C(CSc1nnc(C2CC2)n1Cc1ccccc1)Nc1ccc(Cl)cc1F. The molecule has 1 amide bonds. The number of thioether (sulfide) groups is 1. The molecule has 1 fully saturated rings. The molecule has 0 bridgehead atoms. The smallest absolute Gasteiger partial charge is 0.234 e. The number of hydrogen-bond donors (Lipinski definition) is 1. The van der Waals surface area contributed by atoms with Crippen LogP contribution < -0.4 is 5.32 Å². The Morgan fingerprint density at radius 3 is 2.71 bits per heavy atom. The summed E-state index contributed by atoms with van der Waals surface area (Å²) in [5.41, 5.74) is 1.26. The molecule has 1 aliphatic rings. The Labute approximate surface area is 171 Å². The lowest BCUT2D eigenvalue weighted by atomic mass is 10.2. The van der Waals surface area contributed by atoms with Gasteiger partial charge in [0, 0.05) is 10.9 Å². The van der Waals surface area contributed by atoms with E-state index in [9.17, 15) is 9.18 Å². The number of rotatable bonds is 7. The Morgan fingerprint density at radius 1 is 1.21 bits per heavy atom. The summed E-state index contributed by atoms with van der Waals surface area (Å²) in [6, 6.07) is 14.2. The minimum atomic E-state index is -0.561. The number of hydrogen-bond acceptors (Lipinski definition) is 4. The Balaban J connectivity index is 1.45. The van der Waals surface area contributed by atoms with Crippen LogP contribution in [0.5, 0.6) is 0 Å². The molecule has 8 heteroatoms. The molecule has 2 aromatic carbocycles. The Hall–Kier alpha value is -2.38. The van der Waals surface area contributed by atoms with Crippen molar-refractivity contribution >= 4 is 35.0 Å². The van der Waals surface area contributed by atoms with Crippen molar-refractivity contribution in [3.8, 4) is 0 Å². The van der Waals surface area contributed by atoms with Gasteiger partial charge in [0.2, 0.25) is 5.91 Å². The van der Waals surface area contributed by atoms with Gasteiger partial charge in [-0.15, -0.1) is 10.2 Å². The third kappa shape index (κ3) is 4.54. The van der Waals surface area contributed by atoms with Gasteiger partial charge in [0.25, 0.3) is 0 Å². The highest BCUT2D eigenvalue weighted by atomic mass is 35.5. The van der Waals surface area contributed by atoms with Crippen molar-refractivity contribution in [3.63, 3.8) is 0 Å². The summed E-state index contributed by atoms with van der Waals surface area (Å²) >= 11 is 7.03. The molecule has 4 rings (SSSR count). The van der Waals surface area contributed by atoms with Crippen molar-refractivity contribution in [1.82, 2.24) is 14.8 Å². The van der Waals surface area contributed by atoms with Crippen LogP contribution in [-0.2, 0) is 11.3 Å². The van der Waals surface area contributed by atoms with Gasteiger partial charge in [-0.2, -0.15) is 0 Å². The number of carbonyl (C=O) groups excluding carboxylic acids is 1. The molecule has 1 saturated carbocycles. The predicted octanol–water partition coefficient (Wildman–Crippen LogP) is 4.73. The van der Waals surface area contributed by atoms with Crippen molar-refractivity contribution in [3.05, 3.63) is 70.8 Å². The lowest BCUT2D eigenvalue weighted by Gasteiger charge is -2.10. The van der Waals surface area contributed by atoms with Gasteiger partial charge in [0.15, 0.2) is 5.16 Å². The number of anilines is 1. The number of amides is 1. The van der Waals surface area contributed by atoms with Crippen LogP contribution in [0.2, 0.25) is 5.02 Å². The third-order valence-corrected chi connectivity index (χ3v) is 5.61. The van der Waals surface area contributed by atoms with Crippen LogP contribution in [-0.4, -0.2) is 26.4 Å². The van der Waals surface area contributed by atoms with Crippen molar-refractivity contribution in [2.75, 3.05) is 11.1 Å². The second-order valence-corrected chi connectivity index (χ2v) is 8.03. The fourth-order valence-electron chi connectivity index (χ4n) is 2.87. The largest absolute Gasteiger partial charge is 0.323 e. The number of benzene rings is 2. The van der Waals surface area contributed by atoms with E-state index in [0.29, 0.717) is 17.6 Å². The van der Waals surface area contributed by atoms with E-state index in [0.717, 1.165) is 24.2 Å². The van der Waals surface area contributed by atoms with Crippen molar-refractivity contribution in [1.29, 1.82) is 0 Å². The molecule has 28 heavy (non-hydrogen) atoms. The summed E-state index contributed by atoms with van der Waals surface area (Å²) in [6.07, 6.45) is 2.24. The molecule has 1 aliphatic carbocycles. The summed E-state index contributed by atoms with van der Waals surface area (Å²) < 4.78 is 15.9. The number of aromatic nitrogens is 3. The van der Waals surface area contributed by atoms with Crippen molar-refractivity contribution in [2.45, 2.75) is 30.5 Å². The molecular weight excluding hydrogens is 399 g/mol. The van der Waals surface area contributed by atoms with Gasteiger partial charge in [0.05, 0.1) is 18.0 Å². The average molecular weight is 417 g/mol. The van der Waals surface area contributed by atoms with Gasteiger partial charge in [0.1, 0.15) is 11.6 Å². The van der Waals surface area contributed by atoms with Gasteiger partial charge in [-0.25, -0.2) is 4.39 Å². The highest BCUT2D eigenvalue weighted by molar-refractivity contribution is 7.99. The summed E-state index contributed by atoms with van der Waals surface area (Å²) in [7, 11) is 0. The topological polar surface area (TPSA) is 59.8 Å². The molecule has 0 saturated heterocycles. The zero-order valence-electron chi connectivity index (χ0n) is 14.9. The normalized spacial score (nSPS) is 13.5. The lowest BCUT2D eigenvalue weighted by molar-refractivity contribution is -0.113. The van der Waals surface area contributed by atoms with Crippen LogP contribution in [0.25, 0.3) is 0 Å². The van der Waals surface area contributed by atoms with Gasteiger partial charge >= 0.3 is 0 Å². The van der Waals surface area contributed by atoms with Crippen LogP contribution >= 0.6 is 23.4 Å². The quantitative estimate of drug-likeness (QED) is 0.566. The van der Waals surface area contributed by atoms with Crippen LogP contribution in [0.3, 0.4) is 0 Å². The maximum Gasteiger partial charge on any atom is 0.234 e. The van der Waals surface area contributed by atoms with E-state index in [2.05, 4.69) is 32.2 Å².